The predicted octanol–water partition coefficient (Wildman–Crippen LogP) is 3.09. The van der Waals surface area contributed by atoms with Gasteiger partial charge in [-0.2, -0.15) is 0 Å². The zero-order chi connectivity index (χ0) is 10.9. The molecule has 15 heavy (non-hydrogen) atoms. The monoisotopic (exact) mass is 203 g/mol. The van der Waals surface area contributed by atoms with E-state index < -0.39 is 0 Å². The zero-order valence-corrected chi connectivity index (χ0v) is 9.79. The van der Waals surface area contributed by atoms with E-state index in [1.54, 1.807) is 0 Å². The summed E-state index contributed by atoms with van der Waals surface area (Å²) in [4.78, 5) is 0. The Morgan fingerprint density at radius 3 is 2.53 bits per heavy atom. The van der Waals surface area contributed by atoms with Gasteiger partial charge in [0, 0.05) is 0 Å². The average Bonchev–Trinajstić information content (AvgIpc) is 2.26. The Bertz CT molecular complexity index is 285. The first kappa shape index (κ1) is 12.0. The lowest BCUT2D eigenvalue weighted by Gasteiger charge is -1.98. The summed E-state index contributed by atoms with van der Waals surface area (Å²) in [7, 11) is 0. The van der Waals surface area contributed by atoms with Crippen LogP contribution in [0.15, 0.2) is 36.4 Å². The highest BCUT2D eigenvalue weighted by Crippen LogP contribution is 2.04. The van der Waals surface area contributed by atoms with Crippen molar-refractivity contribution in [3.8, 4) is 0 Å². The third-order valence-electron chi connectivity index (χ3n) is 2.38. The van der Waals surface area contributed by atoms with Crippen molar-refractivity contribution in [3.05, 3.63) is 47.5 Å². The zero-order valence-electron chi connectivity index (χ0n) is 9.79. The molecule has 1 aromatic rings. The molecule has 0 radical (unpaired) electrons. The van der Waals surface area contributed by atoms with Crippen molar-refractivity contribution in [1.82, 2.24) is 5.32 Å². The van der Waals surface area contributed by atoms with Crippen molar-refractivity contribution in [1.29, 1.82) is 0 Å². The molecule has 0 spiro atoms. The Balaban J connectivity index is 2.22. The molecule has 0 aliphatic rings. The Morgan fingerprint density at radius 2 is 1.87 bits per heavy atom. The summed E-state index contributed by atoms with van der Waals surface area (Å²) in [5.41, 5.74) is 2.72. The second-order valence-electron chi connectivity index (χ2n) is 3.80. The lowest BCUT2D eigenvalue weighted by molar-refractivity contribution is 0.726. The van der Waals surface area contributed by atoms with E-state index in [2.05, 4.69) is 55.6 Å². The van der Waals surface area contributed by atoms with E-state index in [0.717, 1.165) is 25.9 Å². The number of aryl methyl sites for hydroxylation is 1. The Morgan fingerprint density at radius 1 is 1.13 bits per heavy atom. The van der Waals surface area contributed by atoms with Gasteiger partial charge in [-0.3, -0.25) is 0 Å². The molecule has 82 valence electrons. The van der Waals surface area contributed by atoms with Gasteiger partial charge in [0.05, 0.1) is 0 Å². The fraction of sp³-hybridized carbons (Fsp3) is 0.429. The lowest BCUT2D eigenvalue weighted by atomic mass is 10.1. The maximum atomic E-state index is 3.30. The second-order valence-corrected chi connectivity index (χ2v) is 3.80. The van der Waals surface area contributed by atoms with Crippen LogP contribution in [0.5, 0.6) is 0 Å². The summed E-state index contributed by atoms with van der Waals surface area (Å²) in [6, 6.07) is 8.73. The first-order valence-corrected chi connectivity index (χ1v) is 5.74. The molecular formula is C14H21N. The highest BCUT2D eigenvalue weighted by Gasteiger charge is 1.88. The first-order chi connectivity index (χ1) is 7.33. The maximum absolute atomic E-state index is 3.30. The molecule has 1 heteroatoms. The van der Waals surface area contributed by atoms with Gasteiger partial charge < -0.3 is 5.32 Å². The summed E-state index contributed by atoms with van der Waals surface area (Å²) in [6.07, 6.45) is 6.68. The third-order valence-corrected chi connectivity index (χ3v) is 2.38. The highest BCUT2D eigenvalue weighted by molar-refractivity contribution is 5.22. The molecule has 0 aromatic heterocycles. The van der Waals surface area contributed by atoms with Crippen LogP contribution in [0, 0.1) is 6.92 Å². The van der Waals surface area contributed by atoms with E-state index in [-0.39, 0.29) is 0 Å². The maximum Gasteiger partial charge on any atom is -0.00144 e. The van der Waals surface area contributed by atoms with Crippen LogP contribution >= 0.6 is 0 Å². The molecule has 1 nitrogen and oxygen atoms in total. The van der Waals surface area contributed by atoms with Crippen LogP contribution < -0.4 is 5.32 Å². The quantitative estimate of drug-likeness (QED) is 0.553. The molecule has 0 fully saturated rings. The minimum atomic E-state index is 1.05. The molecule has 0 bridgehead atoms. The van der Waals surface area contributed by atoms with Gasteiger partial charge in [0.1, 0.15) is 0 Å². The minimum absolute atomic E-state index is 1.05. The van der Waals surface area contributed by atoms with E-state index in [0.29, 0.717) is 0 Å². The number of rotatable bonds is 6. The van der Waals surface area contributed by atoms with Crippen LogP contribution in [-0.2, 0) is 6.42 Å². The molecule has 0 saturated heterocycles. The summed E-state index contributed by atoms with van der Waals surface area (Å²) in [6.45, 7) is 6.40. The molecule has 1 N–H and O–H groups in total. The number of hydrogen-bond acceptors (Lipinski definition) is 1. The normalized spacial score (nSPS) is 11.1. The summed E-state index contributed by atoms with van der Waals surface area (Å²) >= 11 is 0. The third kappa shape index (κ3) is 5.38. The summed E-state index contributed by atoms with van der Waals surface area (Å²) in [5.74, 6) is 0. The molecule has 0 aliphatic heterocycles. The number of allylic oxidation sites excluding steroid dienone is 1. The molecule has 0 amide bonds. The van der Waals surface area contributed by atoms with E-state index in [9.17, 15) is 0 Å². The summed E-state index contributed by atoms with van der Waals surface area (Å²) in [5, 5.41) is 3.30. The smallest absolute Gasteiger partial charge is 0.00144 e. The van der Waals surface area contributed by atoms with E-state index in [1.165, 1.54) is 11.1 Å². The van der Waals surface area contributed by atoms with Gasteiger partial charge in [0.25, 0.3) is 0 Å². The van der Waals surface area contributed by atoms with Gasteiger partial charge in [-0.25, -0.2) is 0 Å². The van der Waals surface area contributed by atoms with Crippen LogP contribution in [0.1, 0.15) is 24.5 Å². The number of nitrogens with one attached hydrogen (secondary N) is 1. The van der Waals surface area contributed by atoms with Gasteiger partial charge in [-0.1, -0.05) is 48.9 Å². The predicted molar refractivity (Wildman–Crippen MR) is 67.2 cm³/mol. The van der Waals surface area contributed by atoms with Crippen molar-refractivity contribution in [2.45, 2.75) is 26.7 Å². The largest absolute Gasteiger partial charge is 0.317 e. The van der Waals surface area contributed by atoms with E-state index in [4.69, 9.17) is 0 Å². The molecule has 0 unspecified atom stereocenters. The van der Waals surface area contributed by atoms with Crippen molar-refractivity contribution in [2.75, 3.05) is 13.1 Å². The van der Waals surface area contributed by atoms with Crippen molar-refractivity contribution < 1.29 is 0 Å². The highest BCUT2D eigenvalue weighted by atomic mass is 14.8. The van der Waals surface area contributed by atoms with Gasteiger partial charge in [-0.15, -0.1) is 0 Å². The molecule has 0 atom stereocenters. The molecular weight excluding hydrogens is 182 g/mol. The number of hydrogen-bond donors (Lipinski definition) is 1. The van der Waals surface area contributed by atoms with Crippen LogP contribution in [-0.4, -0.2) is 13.1 Å². The lowest BCUT2D eigenvalue weighted by Crippen LogP contribution is -2.12. The fourth-order valence-electron chi connectivity index (χ4n) is 1.42. The van der Waals surface area contributed by atoms with Crippen LogP contribution in [0.2, 0.25) is 0 Å². The number of benzene rings is 1. The average molecular weight is 203 g/mol. The Hall–Kier alpha value is -1.08. The van der Waals surface area contributed by atoms with E-state index in [1.807, 2.05) is 0 Å². The van der Waals surface area contributed by atoms with Gasteiger partial charge >= 0.3 is 0 Å². The fourth-order valence-corrected chi connectivity index (χ4v) is 1.42. The van der Waals surface area contributed by atoms with Crippen molar-refractivity contribution in [3.63, 3.8) is 0 Å². The molecule has 1 aromatic carbocycles. The second kappa shape index (κ2) is 7.24. The SMILES string of the molecule is CCNCCC=CCc1ccc(C)cc1. The van der Waals surface area contributed by atoms with Gasteiger partial charge in [0.15, 0.2) is 0 Å². The van der Waals surface area contributed by atoms with Crippen LogP contribution in [0.3, 0.4) is 0 Å². The molecule has 1 rings (SSSR count). The van der Waals surface area contributed by atoms with Gasteiger partial charge in [-0.05, 0) is 38.4 Å². The minimum Gasteiger partial charge on any atom is -0.317 e. The summed E-state index contributed by atoms with van der Waals surface area (Å²) < 4.78 is 0. The topological polar surface area (TPSA) is 12.0 Å². The van der Waals surface area contributed by atoms with Crippen LogP contribution in [0.25, 0.3) is 0 Å². The first-order valence-electron chi connectivity index (χ1n) is 5.74. The van der Waals surface area contributed by atoms with Crippen LogP contribution in [0.4, 0.5) is 0 Å². The Labute approximate surface area is 93.2 Å². The van der Waals surface area contributed by atoms with Gasteiger partial charge in [0.2, 0.25) is 0 Å². The molecule has 0 heterocycles. The standard InChI is InChI=1S/C14H21N/c1-3-15-12-6-4-5-7-14-10-8-13(2)9-11-14/h4-5,8-11,15H,3,6-7,12H2,1-2H3. The Kier molecular flexibility index (Phi) is 5.79. The van der Waals surface area contributed by atoms with Crippen molar-refractivity contribution >= 4 is 0 Å². The van der Waals surface area contributed by atoms with Crippen molar-refractivity contribution in [2.24, 2.45) is 0 Å². The molecule has 0 saturated carbocycles. The molecule has 0 aliphatic carbocycles. The van der Waals surface area contributed by atoms with E-state index >= 15 is 0 Å².